The first-order valence-corrected chi connectivity index (χ1v) is 10.4. The van der Waals surface area contributed by atoms with Crippen LogP contribution in [-0.4, -0.2) is 44.2 Å². The van der Waals surface area contributed by atoms with Gasteiger partial charge in [0.25, 0.3) is 0 Å². The minimum atomic E-state index is -0.906. The van der Waals surface area contributed by atoms with Crippen molar-refractivity contribution in [2.24, 2.45) is 0 Å². The molecule has 5 N–H and O–H groups in total. The number of aromatic amines is 1. The van der Waals surface area contributed by atoms with Crippen LogP contribution in [0.2, 0.25) is 0 Å². The number of aliphatic hydroxyl groups excluding tert-OH is 1. The maximum absolute atomic E-state index is 10.5. The Kier molecular flexibility index (Phi) is 5.33. The van der Waals surface area contributed by atoms with Gasteiger partial charge in [-0.15, -0.1) is 0 Å². The smallest absolute Gasteiger partial charge is 0.182 e. The van der Waals surface area contributed by atoms with Crippen molar-refractivity contribution in [2.45, 2.75) is 31.8 Å². The van der Waals surface area contributed by atoms with Crippen molar-refractivity contribution in [3.63, 3.8) is 0 Å². The van der Waals surface area contributed by atoms with Gasteiger partial charge in [0.2, 0.25) is 0 Å². The summed E-state index contributed by atoms with van der Waals surface area (Å²) in [7, 11) is 0. The molecule has 0 aliphatic carbocycles. The van der Waals surface area contributed by atoms with Gasteiger partial charge in [0, 0.05) is 53.7 Å². The Morgan fingerprint density at radius 2 is 2.00 bits per heavy atom. The first kappa shape index (κ1) is 19.6. The topological polar surface area (TPSA) is 111 Å². The number of benzene rings is 1. The lowest BCUT2D eigenvalue weighted by atomic mass is 10.0. The summed E-state index contributed by atoms with van der Waals surface area (Å²) in [5.41, 5.74) is 4.87. The Bertz CT molecular complexity index is 1180. The molecule has 3 aromatic heterocycles. The molecular weight excluding hydrogens is 390 g/mol. The van der Waals surface area contributed by atoms with Gasteiger partial charge in [-0.05, 0) is 31.0 Å². The molecule has 0 bridgehead atoms. The van der Waals surface area contributed by atoms with E-state index in [1.165, 1.54) is 5.56 Å². The Hall–Kier alpha value is -3.33. The second-order valence-electron chi connectivity index (χ2n) is 7.89. The average molecular weight is 416 g/mol. The number of fused-ring (bicyclic) bond motifs is 1. The van der Waals surface area contributed by atoms with Crippen LogP contribution in [0, 0.1) is 6.92 Å². The average Bonchev–Trinajstić information content (AvgIpc) is 3.41. The molecule has 3 unspecified atom stereocenters. The summed E-state index contributed by atoms with van der Waals surface area (Å²) in [6.07, 6.45) is 3.54. The van der Waals surface area contributed by atoms with Crippen LogP contribution >= 0.6 is 0 Å². The summed E-state index contributed by atoms with van der Waals surface area (Å²) in [5, 5.41) is 28.6. The predicted octanol–water partition coefficient (Wildman–Crippen LogP) is 2.71. The van der Waals surface area contributed by atoms with Crippen molar-refractivity contribution in [3.8, 4) is 11.3 Å². The van der Waals surface area contributed by atoms with Crippen LogP contribution < -0.4 is 16.0 Å². The van der Waals surface area contributed by atoms with E-state index in [-0.39, 0.29) is 6.04 Å². The van der Waals surface area contributed by atoms with E-state index < -0.39 is 6.35 Å². The quantitative estimate of drug-likeness (QED) is 0.308. The molecule has 8 nitrogen and oxygen atoms in total. The monoisotopic (exact) mass is 415 g/mol. The molecule has 0 saturated carbocycles. The Balaban J connectivity index is 1.23. The third-order valence-corrected chi connectivity index (χ3v) is 5.63. The summed E-state index contributed by atoms with van der Waals surface area (Å²) < 4.78 is 0. The highest BCUT2D eigenvalue weighted by Crippen LogP contribution is 2.27. The van der Waals surface area contributed by atoms with Crippen LogP contribution in [0.3, 0.4) is 0 Å². The third kappa shape index (κ3) is 4.27. The fourth-order valence-electron chi connectivity index (χ4n) is 4.11. The molecule has 1 fully saturated rings. The minimum absolute atomic E-state index is 0.158. The van der Waals surface area contributed by atoms with Gasteiger partial charge >= 0.3 is 0 Å². The molecule has 4 aromatic rings. The van der Waals surface area contributed by atoms with E-state index >= 15 is 0 Å². The van der Waals surface area contributed by atoms with Crippen molar-refractivity contribution in [1.82, 2.24) is 30.8 Å². The number of rotatable bonds is 6. The summed E-state index contributed by atoms with van der Waals surface area (Å²) >= 11 is 0. The molecule has 3 atom stereocenters. The van der Waals surface area contributed by atoms with Crippen LogP contribution in [0.4, 0.5) is 5.82 Å². The molecule has 0 spiro atoms. The first-order valence-electron chi connectivity index (χ1n) is 10.4. The Morgan fingerprint density at radius 1 is 1.13 bits per heavy atom. The zero-order valence-electron chi connectivity index (χ0n) is 17.2. The number of hydrogen-bond donors (Lipinski definition) is 5. The number of hydrogen-bond acceptors (Lipinski definition) is 7. The molecule has 1 saturated heterocycles. The molecule has 5 rings (SSSR count). The molecule has 1 aliphatic heterocycles. The van der Waals surface area contributed by atoms with Crippen LogP contribution in [0.5, 0.6) is 0 Å². The lowest BCUT2D eigenvalue weighted by Crippen LogP contribution is -2.44. The van der Waals surface area contributed by atoms with E-state index in [0.717, 1.165) is 40.8 Å². The number of aromatic nitrogens is 4. The van der Waals surface area contributed by atoms with Gasteiger partial charge in [0.15, 0.2) is 6.35 Å². The fourth-order valence-corrected chi connectivity index (χ4v) is 4.11. The number of nitrogens with zero attached hydrogens (tertiary/aromatic N) is 3. The number of pyridine rings is 2. The van der Waals surface area contributed by atoms with E-state index in [1.54, 1.807) is 12.4 Å². The van der Waals surface area contributed by atoms with E-state index in [9.17, 15) is 5.11 Å². The minimum Gasteiger partial charge on any atom is -0.361 e. The molecule has 1 aliphatic rings. The van der Waals surface area contributed by atoms with Crippen molar-refractivity contribution < 1.29 is 5.11 Å². The van der Waals surface area contributed by atoms with Crippen LogP contribution in [0.15, 0.2) is 60.9 Å². The van der Waals surface area contributed by atoms with Gasteiger partial charge in [-0.1, -0.05) is 30.3 Å². The highest BCUT2D eigenvalue weighted by molar-refractivity contribution is 5.93. The van der Waals surface area contributed by atoms with Gasteiger partial charge in [-0.3, -0.25) is 15.4 Å². The van der Waals surface area contributed by atoms with Gasteiger partial charge in [0.1, 0.15) is 11.5 Å². The van der Waals surface area contributed by atoms with Gasteiger partial charge < -0.3 is 15.7 Å². The van der Waals surface area contributed by atoms with E-state index in [4.69, 9.17) is 0 Å². The molecule has 158 valence electrons. The van der Waals surface area contributed by atoms with E-state index in [1.807, 2.05) is 43.3 Å². The summed E-state index contributed by atoms with van der Waals surface area (Å²) in [6, 6.07) is 16.6. The highest BCUT2D eigenvalue weighted by atomic mass is 16.3. The van der Waals surface area contributed by atoms with Gasteiger partial charge in [-0.2, -0.15) is 5.10 Å². The van der Waals surface area contributed by atoms with Crippen molar-refractivity contribution in [2.75, 3.05) is 11.9 Å². The zero-order valence-corrected chi connectivity index (χ0v) is 17.2. The molecule has 8 heteroatoms. The summed E-state index contributed by atoms with van der Waals surface area (Å²) in [4.78, 5) is 8.70. The molecule has 0 radical (unpaired) electrons. The normalized spacial score (nSPS) is 19.5. The SMILES string of the molecule is Cc1cc(-c2n[nH]c3cc(NC(O)NC4CNC(c5ccccc5)C4)ncc23)ccn1. The lowest BCUT2D eigenvalue weighted by molar-refractivity contribution is 0.151. The maximum atomic E-state index is 10.5. The van der Waals surface area contributed by atoms with E-state index in [2.05, 4.69) is 48.2 Å². The number of aliphatic hydroxyl groups is 1. The van der Waals surface area contributed by atoms with Crippen molar-refractivity contribution in [3.05, 3.63) is 72.2 Å². The van der Waals surface area contributed by atoms with Crippen LogP contribution in [0.25, 0.3) is 22.2 Å². The molecule has 1 aromatic carbocycles. The first-order chi connectivity index (χ1) is 15.2. The van der Waals surface area contributed by atoms with E-state index in [0.29, 0.717) is 11.9 Å². The van der Waals surface area contributed by atoms with Crippen molar-refractivity contribution in [1.29, 1.82) is 0 Å². The molecule has 4 heterocycles. The predicted molar refractivity (Wildman–Crippen MR) is 120 cm³/mol. The molecular formula is C23H25N7O. The summed E-state index contributed by atoms with van der Waals surface area (Å²) in [5.74, 6) is 0.569. The zero-order chi connectivity index (χ0) is 21.2. The molecule has 0 amide bonds. The van der Waals surface area contributed by atoms with Gasteiger partial charge in [-0.25, -0.2) is 4.98 Å². The lowest BCUT2D eigenvalue weighted by Gasteiger charge is -2.19. The second kappa shape index (κ2) is 8.43. The standard InChI is InChI=1S/C23H25N7O/c1-14-9-16(7-8-24-14)22-18-13-26-21(11-20(18)29-30-22)28-23(31)27-17-10-19(25-12-17)15-5-3-2-4-6-15/h2-9,11,13,17,19,23,25,27,31H,10,12H2,1H3,(H,26,28)(H,29,30). The van der Waals surface area contributed by atoms with Crippen molar-refractivity contribution >= 4 is 16.7 Å². The number of aryl methyl sites for hydroxylation is 1. The summed E-state index contributed by atoms with van der Waals surface area (Å²) in [6.45, 7) is 2.74. The van der Waals surface area contributed by atoms with Gasteiger partial charge in [0.05, 0.1) is 5.52 Å². The second-order valence-corrected chi connectivity index (χ2v) is 7.89. The molecule has 31 heavy (non-hydrogen) atoms. The highest BCUT2D eigenvalue weighted by Gasteiger charge is 2.26. The maximum Gasteiger partial charge on any atom is 0.182 e. The number of anilines is 1. The fraction of sp³-hybridized carbons (Fsp3) is 0.261. The Labute approximate surface area is 180 Å². The Morgan fingerprint density at radius 3 is 2.84 bits per heavy atom. The van der Waals surface area contributed by atoms with Crippen LogP contribution in [-0.2, 0) is 0 Å². The van der Waals surface area contributed by atoms with Crippen LogP contribution in [0.1, 0.15) is 23.7 Å². The number of nitrogens with one attached hydrogen (secondary N) is 4. The number of H-pyrrole nitrogens is 1. The third-order valence-electron chi connectivity index (χ3n) is 5.63. The largest absolute Gasteiger partial charge is 0.361 e.